The molecule has 0 bridgehead atoms. The van der Waals surface area contributed by atoms with Gasteiger partial charge in [0, 0.05) is 6.07 Å². The molecule has 0 heterocycles. The molecule has 1 aromatic carbocycles. The SMILES string of the molecule is CCOC(=O)NC(=S)Nc1ccc(C(C)(C)C)cc1[N+](=O)[O-]. The Kier molecular flexibility index (Phi) is 5.81. The average molecular weight is 325 g/mol. The smallest absolute Gasteiger partial charge is 0.413 e. The molecule has 0 spiro atoms. The van der Waals surface area contributed by atoms with Crippen LogP contribution in [0.4, 0.5) is 16.2 Å². The summed E-state index contributed by atoms with van der Waals surface area (Å²) in [5.74, 6) is 0. The second kappa shape index (κ2) is 7.17. The molecule has 0 radical (unpaired) electrons. The Hall–Kier alpha value is -2.22. The minimum Gasteiger partial charge on any atom is -0.450 e. The molecule has 0 saturated heterocycles. The molecule has 1 amide bonds. The van der Waals surface area contributed by atoms with E-state index in [1.807, 2.05) is 20.8 Å². The summed E-state index contributed by atoms with van der Waals surface area (Å²) in [4.78, 5) is 22.0. The van der Waals surface area contributed by atoms with E-state index in [1.54, 1.807) is 19.1 Å². The van der Waals surface area contributed by atoms with Crippen LogP contribution in [0.3, 0.4) is 0 Å². The number of hydrogen-bond acceptors (Lipinski definition) is 5. The Bertz CT molecular complexity index is 596. The van der Waals surface area contributed by atoms with Gasteiger partial charge in [-0.1, -0.05) is 26.8 Å². The molecule has 0 unspecified atom stereocenters. The van der Waals surface area contributed by atoms with Crippen LogP contribution in [0.1, 0.15) is 33.3 Å². The predicted molar refractivity (Wildman–Crippen MR) is 88.2 cm³/mol. The second-order valence-electron chi connectivity index (χ2n) is 5.54. The van der Waals surface area contributed by atoms with Crippen molar-refractivity contribution in [1.82, 2.24) is 5.32 Å². The van der Waals surface area contributed by atoms with E-state index in [2.05, 4.69) is 15.4 Å². The molecule has 1 rings (SSSR count). The van der Waals surface area contributed by atoms with Crippen molar-refractivity contribution in [2.24, 2.45) is 0 Å². The third-order valence-electron chi connectivity index (χ3n) is 2.80. The molecule has 2 N–H and O–H groups in total. The van der Waals surface area contributed by atoms with Gasteiger partial charge < -0.3 is 10.1 Å². The van der Waals surface area contributed by atoms with Crippen molar-refractivity contribution >= 4 is 34.8 Å². The highest BCUT2D eigenvalue weighted by Gasteiger charge is 2.21. The van der Waals surface area contributed by atoms with Gasteiger partial charge in [-0.25, -0.2) is 4.79 Å². The fourth-order valence-electron chi connectivity index (χ4n) is 1.67. The molecule has 7 nitrogen and oxygen atoms in total. The summed E-state index contributed by atoms with van der Waals surface area (Å²) in [7, 11) is 0. The number of carbonyl (C=O) groups excluding carboxylic acids is 1. The predicted octanol–water partition coefficient (Wildman–Crippen LogP) is 3.34. The van der Waals surface area contributed by atoms with Gasteiger partial charge in [-0.05, 0) is 36.2 Å². The molecule has 8 heteroatoms. The number of nitrogens with one attached hydrogen (secondary N) is 2. The highest BCUT2D eigenvalue weighted by molar-refractivity contribution is 7.80. The van der Waals surface area contributed by atoms with Gasteiger partial charge in [0.05, 0.1) is 11.5 Å². The monoisotopic (exact) mass is 325 g/mol. The first-order chi connectivity index (χ1) is 10.1. The number of anilines is 1. The van der Waals surface area contributed by atoms with Crippen molar-refractivity contribution in [2.75, 3.05) is 11.9 Å². The number of nitrogens with zero attached hydrogens (tertiary/aromatic N) is 1. The van der Waals surface area contributed by atoms with Crippen LogP contribution in [0.2, 0.25) is 0 Å². The molecule has 120 valence electrons. The van der Waals surface area contributed by atoms with Crippen molar-refractivity contribution in [3.63, 3.8) is 0 Å². The number of thiocarbonyl (C=S) groups is 1. The lowest BCUT2D eigenvalue weighted by atomic mass is 9.86. The summed E-state index contributed by atoms with van der Waals surface area (Å²) in [6.45, 7) is 7.76. The number of nitro benzene ring substituents is 1. The number of rotatable bonds is 3. The molecular weight excluding hydrogens is 306 g/mol. The first-order valence-corrected chi connectivity index (χ1v) is 7.09. The maximum absolute atomic E-state index is 11.3. The summed E-state index contributed by atoms with van der Waals surface area (Å²) in [5, 5.41) is 16.1. The van der Waals surface area contributed by atoms with Gasteiger partial charge >= 0.3 is 6.09 Å². The van der Waals surface area contributed by atoms with Crippen molar-refractivity contribution in [2.45, 2.75) is 33.1 Å². The first-order valence-electron chi connectivity index (χ1n) is 6.68. The molecule has 0 aromatic heterocycles. The minimum absolute atomic E-state index is 0.0648. The van der Waals surface area contributed by atoms with Gasteiger partial charge in [0.1, 0.15) is 5.69 Å². The molecular formula is C14H19N3O4S. The standard InChI is InChI=1S/C14H19N3O4S/c1-5-21-13(18)16-12(22)15-10-7-6-9(14(2,3)4)8-11(10)17(19)20/h6-8H,5H2,1-4H3,(H2,15,16,18,22). The summed E-state index contributed by atoms with van der Waals surface area (Å²) in [6.07, 6.45) is -0.714. The highest BCUT2D eigenvalue weighted by atomic mass is 32.1. The summed E-state index contributed by atoms with van der Waals surface area (Å²) >= 11 is 4.93. The fourth-order valence-corrected chi connectivity index (χ4v) is 1.86. The average Bonchev–Trinajstić information content (AvgIpc) is 2.37. The Morgan fingerprint density at radius 3 is 2.55 bits per heavy atom. The maximum Gasteiger partial charge on any atom is 0.413 e. The zero-order valence-electron chi connectivity index (χ0n) is 12.9. The molecule has 0 fully saturated rings. The van der Waals surface area contributed by atoms with E-state index in [0.717, 1.165) is 5.56 Å². The highest BCUT2D eigenvalue weighted by Crippen LogP contribution is 2.31. The van der Waals surface area contributed by atoms with E-state index in [0.29, 0.717) is 0 Å². The van der Waals surface area contributed by atoms with Crippen molar-refractivity contribution in [3.8, 4) is 0 Å². The largest absolute Gasteiger partial charge is 0.450 e. The van der Waals surface area contributed by atoms with E-state index in [9.17, 15) is 14.9 Å². The van der Waals surface area contributed by atoms with Gasteiger partial charge in [0.15, 0.2) is 5.11 Å². The van der Waals surface area contributed by atoms with Crippen molar-refractivity contribution in [1.29, 1.82) is 0 Å². The molecule has 0 aliphatic rings. The minimum atomic E-state index is -0.714. The van der Waals surface area contributed by atoms with Crippen LogP contribution >= 0.6 is 12.2 Å². The molecule has 0 aliphatic carbocycles. The van der Waals surface area contributed by atoms with Gasteiger partial charge in [-0.3, -0.25) is 15.4 Å². The summed E-state index contributed by atoms with van der Waals surface area (Å²) in [5.41, 5.74) is 0.710. The van der Waals surface area contributed by atoms with Crippen LogP contribution in [0, 0.1) is 10.1 Å². The van der Waals surface area contributed by atoms with Gasteiger partial charge in [-0.15, -0.1) is 0 Å². The Balaban J connectivity index is 2.97. The van der Waals surface area contributed by atoms with Crippen molar-refractivity contribution in [3.05, 3.63) is 33.9 Å². The zero-order chi connectivity index (χ0) is 16.9. The molecule has 0 aliphatic heterocycles. The Morgan fingerprint density at radius 1 is 1.41 bits per heavy atom. The number of amides is 1. The number of benzene rings is 1. The number of ether oxygens (including phenoxy) is 1. The third kappa shape index (κ3) is 4.96. The Labute approximate surface area is 134 Å². The summed E-state index contributed by atoms with van der Waals surface area (Å²) < 4.78 is 4.68. The van der Waals surface area contributed by atoms with Crippen LogP contribution in [-0.4, -0.2) is 22.7 Å². The molecule has 22 heavy (non-hydrogen) atoms. The van der Waals surface area contributed by atoms with E-state index in [4.69, 9.17) is 12.2 Å². The second-order valence-corrected chi connectivity index (χ2v) is 5.95. The summed E-state index contributed by atoms with van der Waals surface area (Å²) in [6, 6.07) is 4.84. The normalized spacial score (nSPS) is 10.7. The number of carbonyl (C=O) groups is 1. The van der Waals surface area contributed by atoms with E-state index in [-0.39, 0.29) is 28.5 Å². The number of hydrogen-bond donors (Lipinski definition) is 2. The van der Waals surface area contributed by atoms with Crippen molar-refractivity contribution < 1.29 is 14.5 Å². The maximum atomic E-state index is 11.3. The topological polar surface area (TPSA) is 93.5 Å². The Morgan fingerprint density at radius 2 is 2.05 bits per heavy atom. The van der Waals surface area contributed by atoms with Crippen LogP contribution in [0.25, 0.3) is 0 Å². The van der Waals surface area contributed by atoms with E-state index < -0.39 is 11.0 Å². The molecule has 1 aromatic rings. The number of nitro groups is 1. The number of alkyl carbamates (subject to hydrolysis) is 1. The van der Waals surface area contributed by atoms with Gasteiger partial charge in [0.2, 0.25) is 0 Å². The van der Waals surface area contributed by atoms with Gasteiger partial charge in [0.25, 0.3) is 5.69 Å². The zero-order valence-corrected chi connectivity index (χ0v) is 13.7. The van der Waals surface area contributed by atoms with E-state index in [1.165, 1.54) is 6.07 Å². The molecule has 0 saturated carbocycles. The lowest BCUT2D eigenvalue weighted by molar-refractivity contribution is -0.384. The molecule has 0 atom stereocenters. The lowest BCUT2D eigenvalue weighted by Crippen LogP contribution is -2.34. The van der Waals surface area contributed by atoms with E-state index >= 15 is 0 Å². The van der Waals surface area contributed by atoms with Gasteiger partial charge in [-0.2, -0.15) is 0 Å². The lowest BCUT2D eigenvalue weighted by Gasteiger charge is -2.19. The quantitative estimate of drug-likeness (QED) is 0.503. The van der Waals surface area contributed by atoms with Crippen LogP contribution in [-0.2, 0) is 10.2 Å². The third-order valence-corrected chi connectivity index (χ3v) is 3.00. The fraction of sp³-hybridized carbons (Fsp3) is 0.429. The van der Waals surface area contributed by atoms with Crippen LogP contribution < -0.4 is 10.6 Å². The van der Waals surface area contributed by atoms with Crippen LogP contribution in [0.15, 0.2) is 18.2 Å². The van der Waals surface area contributed by atoms with Crippen LogP contribution in [0.5, 0.6) is 0 Å². The first kappa shape index (κ1) is 17.8.